The van der Waals surface area contributed by atoms with Gasteiger partial charge in [-0.25, -0.2) is 4.79 Å². The summed E-state index contributed by atoms with van der Waals surface area (Å²) in [6.07, 6.45) is 1.17. The maximum absolute atomic E-state index is 11.9. The fraction of sp³-hybridized carbons (Fsp3) is 0.231. The molecule has 1 atom stereocenters. The van der Waals surface area contributed by atoms with Crippen LogP contribution in [-0.4, -0.2) is 49.7 Å². The van der Waals surface area contributed by atoms with Crippen LogP contribution in [-0.2, 0) is 4.79 Å². The highest BCUT2D eigenvalue weighted by Crippen LogP contribution is 2.04. The van der Waals surface area contributed by atoms with Crippen molar-refractivity contribution in [3.8, 4) is 5.69 Å². The summed E-state index contributed by atoms with van der Waals surface area (Å²) in [5, 5.41) is 27.9. The lowest BCUT2D eigenvalue weighted by Gasteiger charge is -2.11. The Morgan fingerprint density at radius 1 is 1.29 bits per heavy atom. The number of carbonyl (C=O) groups is 2. The molecule has 3 N–H and O–H groups in total. The van der Waals surface area contributed by atoms with Crippen LogP contribution in [0.15, 0.2) is 36.5 Å². The van der Waals surface area contributed by atoms with Gasteiger partial charge in [-0.15, -0.1) is 5.10 Å². The number of benzene rings is 1. The molecule has 0 fully saturated rings. The summed E-state index contributed by atoms with van der Waals surface area (Å²) in [4.78, 5) is 24.1. The van der Waals surface area contributed by atoms with Crippen LogP contribution in [0.2, 0.25) is 0 Å². The zero-order valence-corrected chi connectivity index (χ0v) is 11.0. The Balaban J connectivity index is 2.10. The summed E-state index contributed by atoms with van der Waals surface area (Å²) in [6.45, 7) is -0.339. The molecule has 0 saturated heterocycles. The molecule has 21 heavy (non-hydrogen) atoms. The van der Waals surface area contributed by atoms with Gasteiger partial charge in [0.25, 0.3) is 5.91 Å². The molecule has 0 saturated carbocycles. The van der Waals surface area contributed by atoms with Crippen LogP contribution < -0.4 is 5.32 Å². The molecular weight excluding hydrogens is 276 g/mol. The first-order valence-electron chi connectivity index (χ1n) is 6.24. The second-order valence-electron chi connectivity index (χ2n) is 4.23. The maximum Gasteiger partial charge on any atom is 0.326 e. The first-order valence-corrected chi connectivity index (χ1v) is 6.24. The quantitative estimate of drug-likeness (QED) is 0.680. The maximum atomic E-state index is 11.9. The Morgan fingerprint density at radius 3 is 2.62 bits per heavy atom. The van der Waals surface area contributed by atoms with E-state index in [9.17, 15) is 9.59 Å². The second kappa shape index (κ2) is 6.62. The van der Waals surface area contributed by atoms with E-state index in [0.29, 0.717) is 5.69 Å². The summed E-state index contributed by atoms with van der Waals surface area (Å²) >= 11 is 0. The molecule has 0 aliphatic carbocycles. The van der Waals surface area contributed by atoms with E-state index in [2.05, 4.69) is 15.5 Å². The Hall–Kier alpha value is -2.74. The average molecular weight is 290 g/mol. The Bertz CT molecular complexity index is 626. The Morgan fingerprint density at radius 2 is 2.00 bits per heavy atom. The largest absolute Gasteiger partial charge is 0.480 e. The number of hydrogen-bond acceptors (Lipinski definition) is 5. The zero-order valence-electron chi connectivity index (χ0n) is 11.0. The van der Waals surface area contributed by atoms with E-state index in [1.165, 1.54) is 11.0 Å². The minimum atomic E-state index is -1.21. The van der Waals surface area contributed by atoms with E-state index in [0.717, 1.165) is 0 Å². The number of carboxylic acid groups (broad SMARTS) is 1. The smallest absolute Gasteiger partial charge is 0.326 e. The van der Waals surface area contributed by atoms with Crippen molar-refractivity contribution in [1.82, 2.24) is 20.3 Å². The van der Waals surface area contributed by atoms with Crippen molar-refractivity contribution in [3.05, 3.63) is 42.2 Å². The monoisotopic (exact) mass is 290 g/mol. The van der Waals surface area contributed by atoms with Gasteiger partial charge in [0.2, 0.25) is 0 Å². The standard InChI is InChI=1S/C13H14N4O4/c18-7-6-10(13(20)21)15-12(19)11-8-14-17(16-11)9-4-2-1-3-5-9/h1-5,8,10,18H,6-7H2,(H,15,19)(H,20,21)/t10-/m0/s1. The normalized spacial score (nSPS) is 11.9. The number of nitrogens with one attached hydrogen (secondary N) is 1. The number of para-hydroxylation sites is 1. The van der Waals surface area contributed by atoms with E-state index in [1.807, 2.05) is 6.07 Å². The molecule has 0 bridgehead atoms. The average Bonchev–Trinajstić information content (AvgIpc) is 2.97. The van der Waals surface area contributed by atoms with Crippen molar-refractivity contribution in [2.45, 2.75) is 12.5 Å². The van der Waals surface area contributed by atoms with Crippen LogP contribution in [0.4, 0.5) is 0 Å². The molecule has 2 aromatic rings. The van der Waals surface area contributed by atoms with E-state index < -0.39 is 17.9 Å². The fourth-order valence-electron chi connectivity index (χ4n) is 1.67. The summed E-state index contributed by atoms with van der Waals surface area (Å²) in [7, 11) is 0. The van der Waals surface area contributed by atoms with Crippen molar-refractivity contribution < 1.29 is 19.8 Å². The van der Waals surface area contributed by atoms with Crippen LogP contribution in [0.3, 0.4) is 0 Å². The molecule has 0 spiro atoms. The highest BCUT2D eigenvalue weighted by atomic mass is 16.4. The highest BCUT2D eigenvalue weighted by Gasteiger charge is 2.21. The first kappa shape index (κ1) is 14.7. The number of carboxylic acids is 1. The van der Waals surface area contributed by atoms with Crippen molar-refractivity contribution in [3.63, 3.8) is 0 Å². The summed E-state index contributed by atoms with van der Waals surface area (Å²) in [5.41, 5.74) is 0.685. The number of nitrogens with zero attached hydrogens (tertiary/aromatic N) is 3. The minimum absolute atomic E-state index is 0.00282. The molecule has 0 aliphatic rings. The third-order valence-electron chi connectivity index (χ3n) is 2.73. The van der Waals surface area contributed by atoms with Gasteiger partial charge in [-0.2, -0.15) is 9.90 Å². The molecule has 8 nitrogen and oxygen atoms in total. The minimum Gasteiger partial charge on any atom is -0.480 e. The third-order valence-corrected chi connectivity index (χ3v) is 2.73. The number of hydrogen-bond donors (Lipinski definition) is 3. The van der Waals surface area contributed by atoms with Crippen LogP contribution >= 0.6 is 0 Å². The van der Waals surface area contributed by atoms with Gasteiger partial charge in [0, 0.05) is 13.0 Å². The lowest BCUT2D eigenvalue weighted by molar-refractivity contribution is -0.139. The van der Waals surface area contributed by atoms with Gasteiger partial charge in [-0.3, -0.25) is 4.79 Å². The van der Waals surface area contributed by atoms with Crippen LogP contribution in [0.5, 0.6) is 0 Å². The van der Waals surface area contributed by atoms with Gasteiger partial charge >= 0.3 is 5.97 Å². The van der Waals surface area contributed by atoms with Crippen LogP contribution in [0, 0.1) is 0 Å². The van der Waals surface area contributed by atoms with E-state index in [4.69, 9.17) is 10.2 Å². The molecular formula is C13H14N4O4. The predicted molar refractivity (Wildman–Crippen MR) is 72.0 cm³/mol. The summed E-state index contributed by atoms with van der Waals surface area (Å²) < 4.78 is 0. The highest BCUT2D eigenvalue weighted by molar-refractivity contribution is 5.94. The van der Waals surface area contributed by atoms with Gasteiger partial charge in [0.05, 0.1) is 11.9 Å². The Kier molecular flexibility index (Phi) is 4.62. The van der Waals surface area contributed by atoms with Crippen LogP contribution in [0.25, 0.3) is 5.69 Å². The van der Waals surface area contributed by atoms with Crippen molar-refractivity contribution in [2.24, 2.45) is 0 Å². The van der Waals surface area contributed by atoms with Crippen LogP contribution in [0.1, 0.15) is 16.9 Å². The van der Waals surface area contributed by atoms with Gasteiger partial charge in [0.15, 0.2) is 5.69 Å². The molecule has 1 aromatic heterocycles. The summed E-state index contributed by atoms with van der Waals surface area (Å²) in [6, 6.07) is 7.83. The predicted octanol–water partition coefficient (Wildman–Crippen LogP) is -0.167. The summed E-state index contributed by atoms with van der Waals surface area (Å²) in [5.74, 6) is -1.87. The number of aromatic nitrogens is 3. The molecule has 0 radical (unpaired) electrons. The topological polar surface area (TPSA) is 117 Å². The molecule has 1 amide bonds. The number of aliphatic hydroxyl groups excluding tert-OH is 1. The number of rotatable bonds is 6. The molecule has 0 unspecified atom stereocenters. The third kappa shape index (κ3) is 3.63. The lowest BCUT2D eigenvalue weighted by Crippen LogP contribution is -2.41. The number of aliphatic hydroxyl groups is 1. The van der Waals surface area contributed by atoms with E-state index in [1.54, 1.807) is 24.3 Å². The van der Waals surface area contributed by atoms with Crippen molar-refractivity contribution in [1.29, 1.82) is 0 Å². The van der Waals surface area contributed by atoms with Gasteiger partial charge in [-0.1, -0.05) is 18.2 Å². The molecule has 1 aromatic carbocycles. The first-order chi connectivity index (χ1) is 10.1. The molecule has 0 aliphatic heterocycles. The number of amides is 1. The zero-order chi connectivity index (χ0) is 15.2. The molecule has 2 rings (SSSR count). The second-order valence-corrected chi connectivity index (χ2v) is 4.23. The number of carbonyl (C=O) groups excluding carboxylic acids is 1. The lowest BCUT2D eigenvalue weighted by atomic mass is 10.2. The van der Waals surface area contributed by atoms with E-state index >= 15 is 0 Å². The molecule has 110 valence electrons. The van der Waals surface area contributed by atoms with Crippen molar-refractivity contribution >= 4 is 11.9 Å². The Labute approximate surface area is 120 Å². The SMILES string of the molecule is O=C(N[C@@H](CCO)C(=O)O)c1cnn(-c2ccccc2)n1. The van der Waals surface area contributed by atoms with Gasteiger partial charge in [0.1, 0.15) is 6.04 Å². The molecule has 8 heteroatoms. The fourth-order valence-corrected chi connectivity index (χ4v) is 1.67. The number of aliphatic carboxylic acids is 1. The van der Waals surface area contributed by atoms with Crippen molar-refractivity contribution in [2.75, 3.05) is 6.61 Å². The van der Waals surface area contributed by atoms with E-state index in [-0.39, 0.29) is 18.7 Å². The van der Waals surface area contributed by atoms with Gasteiger partial charge in [-0.05, 0) is 12.1 Å². The molecule has 1 heterocycles. The van der Waals surface area contributed by atoms with Gasteiger partial charge < -0.3 is 15.5 Å².